The van der Waals surface area contributed by atoms with Crippen LogP contribution in [0.5, 0.6) is 0 Å². The number of likely N-dealkylation sites (tertiary alicyclic amines) is 1. The van der Waals surface area contributed by atoms with E-state index in [0.717, 1.165) is 18.1 Å². The van der Waals surface area contributed by atoms with Crippen molar-refractivity contribution in [2.45, 2.75) is 12.8 Å². The predicted octanol–water partition coefficient (Wildman–Crippen LogP) is 2.76. The molecule has 4 heteroatoms. The number of furan rings is 1. The number of thioether (sulfide) groups is 1. The summed E-state index contributed by atoms with van der Waals surface area (Å²) in [5, 5.41) is 1.04. The molecule has 1 aliphatic heterocycles. The molecule has 0 bridgehead atoms. The molecule has 0 aromatic carbocycles. The Morgan fingerprint density at radius 3 is 2.81 bits per heavy atom. The second kappa shape index (κ2) is 5.25. The molecule has 0 N–H and O–H groups in total. The summed E-state index contributed by atoms with van der Waals surface area (Å²) < 4.78 is 5.08. The van der Waals surface area contributed by atoms with E-state index in [1.807, 2.05) is 6.26 Å². The van der Waals surface area contributed by atoms with Crippen LogP contribution in [0.3, 0.4) is 0 Å². The average Bonchev–Trinajstić information content (AvgIpc) is 2.96. The lowest BCUT2D eigenvalue weighted by Gasteiger charge is -2.18. The fraction of sp³-hybridized carbons (Fsp3) is 0.417. The third kappa shape index (κ3) is 2.50. The number of ketones is 1. The number of rotatable bonds is 4. The van der Waals surface area contributed by atoms with Crippen LogP contribution in [0.2, 0.25) is 0 Å². The summed E-state index contributed by atoms with van der Waals surface area (Å²) in [5.41, 5.74) is 0. The zero-order valence-corrected chi connectivity index (χ0v) is 10.1. The monoisotopic (exact) mass is 237 g/mol. The molecule has 1 aromatic heterocycles. The van der Waals surface area contributed by atoms with Gasteiger partial charge in [0.25, 0.3) is 0 Å². The summed E-state index contributed by atoms with van der Waals surface area (Å²) in [6, 6.07) is 3.43. The van der Waals surface area contributed by atoms with Gasteiger partial charge in [0.15, 0.2) is 5.76 Å². The molecule has 0 atom stereocenters. The van der Waals surface area contributed by atoms with E-state index in [1.54, 1.807) is 30.0 Å². The van der Waals surface area contributed by atoms with Crippen LogP contribution in [0, 0.1) is 0 Å². The van der Waals surface area contributed by atoms with E-state index in [2.05, 4.69) is 4.90 Å². The van der Waals surface area contributed by atoms with Crippen LogP contribution in [-0.4, -0.2) is 30.0 Å². The average molecular weight is 237 g/mol. The molecule has 0 spiro atoms. The van der Waals surface area contributed by atoms with E-state index in [-0.39, 0.29) is 5.78 Å². The number of carbonyl (C=O) groups is 1. The van der Waals surface area contributed by atoms with Gasteiger partial charge in [0.05, 0.1) is 11.3 Å². The Labute approximate surface area is 99.5 Å². The van der Waals surface area contributed by atoms with Gasteiger partial charge in [-0.3, -0.25) is 4.79 Å². The number of carbonyl (C=O) groups excluding carboxylic acids is 1. The van der Waals surface area contributed by atoms with Crippen LogP contribution >= 0.6 is 11.8 Å². The summed E-state index contributed by atoms with van der Waals surface area (Å²) in [7, 11) is 0. The van der Waals surface area contributed by atoms with Crippen molar-refractivity contribution in [3.05, 3.63) is 35.3 Å². The van der Waals surface area contributed by atoms with Crippen LogP contribution in [0.4, 0.5) is 0 Å². The van der Waals surface area contributed by atoms with Gasteiger partial charge in [0.2, 0.25) is 5.78 Å². The Bertz CT molecular complexity index is 378. The van der Waals surface area contributed by atoms with Gasteiger partial charge in [-0.05, 0) is 31.2 Å². The number of hydrogen-bond donors (Lipinski definition) is 0. The van der Waals surface area contributed by atoms with Crippen molar-refractivity contribution in [2.75, 3.05) is 19.3 Å². The lowest BCUT2D eigenvalue weighted by Crippen LogP contribution is -2.17. The minimum Gasteiger partial charge on any atom is -0.461 e. The van der Waals surface area contributed by atoms with Gasteiger partial charge in [0.1, 0.15) is 0 Å². The number of nitrogens with zero attached hydrogens (tertiary/aromatic N) is 1. The maximum atomic E-state index is 11.8. The summed E-state index contributed by atoms with van der Waals surface area (Å²) in [6.07, 6.45) is 7.63. The van der Waals surface area contributed by atoms with Crippen LogP contribution in [0.1, 0.15) is 23.4 Å². The molecule has 0 aliphatic carbocycles. The molecule has 1 fully saturated rings. The smallest absolute Gasteiger partial charge is 0.223 e. The second-order valence-corrected chi connectivity index (χ2v) is 4.55. The first-order valence-corrected chi connectivity index (χ1v) is 6.62. The summed E-state index contributed by atoms with van der Waals surface area (Å²) in [5.74, 6) is 0.354. The Balaban J connectivity index is 2.11. The minimum atomic E-state index is -0.0544. The van der Waals surface area contributed by atoms with E-state index >= 15 is 0 Å². The molecule has 16 heavy (non-hydrogen) atoms. The Morgan fingerprint density at radius 1 is 1.50 bits per heavy atom. The van der Waals surface area contributed by atoms with E-state index in [9.17, 15) is 4.79 Å². The van der Waals surface area contributed by atoms with Gasteiger partial charge in [0, 0.05) is 19.2 Å². The van der Waals surface area contributed by atoms with Crippen LogP contribution in [0.15, 0.2) is 33.9 Å². The van der Waals surface area contributed by atoms with Crippen molar-refractivity contribution in [3.63, 3.8) is 0 Å². The molecule has 1 aliphatic rings. The fourth-order valence-corrected chi connectivity index (χ4v) is 2.48. The summed E-state index contributed by atoms with van der Waals surface area (Å²) >= 11 is 1.62. The molecule has 2 heterocycles. The highest BCUT2D eigenvalue weighted by molar-refractivity contribution is 8.02. The highest BCUT2D eigenvalue weighted by Crippen LogP contribution is 2.23. The highest BCUT2D eigenvalue weighted by atomic mass is 32.2. The Kier molecular flexibility index (Phi) is 3.72. The van der Waals surface area contributed by atoms with E-state index < -0.39 is 0 Å². The van der Waals surface area contributed by atoms with Crippen molar-refractivity contribution in [3.8, 4) is 0 Å². The molecule has 0 saturated carbocycles. The largest absolute Gasteiger partial charge is 0.461 e. The van der Waals surface area contributed by atoms with Gasteiger partial charge in [-0.1, -0.05) is 0 Å². The quantitative estimate of drug-likeness (QED) is 0.595. The number of hydrogen-bond acceptors (Lipinski definition) is 4. The van der Waals surface area contributed by atoms with Gasteiger partial charge in [-0.25, -0.2) is 0 Å². The molecule has 0 unspecified atom stereocenters. The van der Waals surface area contributed by atoms with E-state index in [1.165, 1.54) is 19.1 Å². The SMILES string of the molecule is CS/C(=C\C(=O)c1ccco1)N1CCCC1. The van der Waals surface area contributed by atoms with Crippen molar-refractivity contribution in [1.29, 1.82) is 0 Å². The molecule has 86 valence electrons. The molecule has 1 saturated heterocycles. The van der Waals surface area contributed by atoms with Gasteiger partial charge < -0.3 is 9.32 Å². The van der Waals surface area contributed by atoms with Gasteiger partial charge in [-0.2, -0.15) is 0 Å². The Morgan fingerprint density at radius 2 is 2.25 bits per heavy atom. The molecular formula is C12H15NO2S. The van der Waals surface area contributed by atoms with Crippen molar-refractivity contribution in [2.24, 2.45) is 0 Å². The molecule has 0 radical (unpaired) electrons. The van der Waals surface area contributed by atoms with Crippen molar-refractivity contribution in [1.82, 2.24) is 4.90 Å². The first-order chi connectivity index (χ1) is 7.81. The molecular weight excluding hydrogens is 222 g/mol. The molecule has 2 rings (SSSR count). The third-order valence-corrected chi connectivity index (χ3v) is 3.44. The number of allylic oxidation sites excluding steroid dienone is 1. The van der Waals surface area contributed by atoms with Crippen molar-refractivity contribution < 1.29 is 9.21 Å². The van der Waals surface area contributed by atoms with E-state index in [4.69, 9.17) is 4.42 Å². The minimum absolute atomic E-state index is 0.0544. The molecule has 0 amide bonds. The zero-order valence-electron chi connectivity index (χ0n) is 9.31. The first-order valence-electron chi connectivity index (χ1n) is 5.40. The fourth-order valence-electron chi connectivity index (χ4n) is 1.82. The lowest BCUT2D eigenvalue weighted by molar-refractivity contribution is 0.102. The lowest BCUT2D eigenvalue weighted by atomic mass is 10.3. The van der Waals surface area contributed by atoms with Crippen LogP contribution in [0.25, 0.3) is 0 Å². The first kappa shape index (κ1) is 11.3. The maximum Gasteiger partial charge on any atom is 0.223 e. The highest BCUT2D eigenvalue weighted by Gasteiger charge is 2.16. The zero-order chi connectivity index (χ0) is 11.4. The normalized spacial score (nSPS) is 16.8. The van der Waals surface area contributed by atoms with E-state index in [0.29, 0.717) is 5.76 Å². The van der Waals surface area contributed by atoms with Crippen molar-refractivity contribution >= 4 is 17.5 Å². The molecule has 1 aromatic rings. The predicted molar refractivity (Wildman–Crippen MR) is 65.4 cm³/mol. The van der Waals surface area contributed by atoms with Crippen LogP contribution < -0.4 is 0 Å². The maximum absolute atomic E-state index is 11.8. The van der Waals surface area contributed by atoms with Gasteiger partial charge >= 0.3 is 0 Å². The third-order valence-electron chi connectivity index (χ3n) is 2.65. The molecule has 3 nitrogen and oxygen atoms in total. The summed E-state index contributed by atoms with van der Waals surface area (Å²) in [6.45, 7) is 2.11. The van der Waals surface area contributed by atoms with Gasteiger partial charge in [-0.15, -0.1) is 11.8 Å². The second-order valence-electron chi connectivity index (χ2n) is 3.72. The standard InChI is InChI=1S/C12H15NO2S/c1-16-12(13-6-2-3-7-13)9-10(14)11-5-4-8-15-11/h4-5,8-9H,2-3,6-7H2,1H3/b12-9-. The summed E-state index contributed by atoms with van der Waals surface area (Å²) in [4.78, 5) is 14.1. The Hall–Kier alpha value is -1.16. The topological polar surface area (TPSA) is 33.5 Å². The van der Waals surface area contributed by atoms with Crippen LogP contribution in [-0.2, 0) is 0 Å².